The Morgan fingerprint density at radius 3 is 1.56 bits per heavy atom. The molecule has 0 aromatic heterocycles. The van der Waals surface area contributed by atoms with Gasteiger partial charge in [-0.3, -0.25) is 0 Å². The number of nitrogens with two attached hydrogens (primary N) is 1. The van der Waals surface area contributed by atoms with E-state index in [-0.39, 0.29) is 0 Å². The summed E-state index contributed by atoms with van der Waals surface area (Å²) in [6, 6.07) is 0. The Morgan fingerprint density at radius 1 is 0.667 bits per heavy atom. The summed E-state index contributed by atoms with van der Waals surface area (Å²) in [5.74, 6) is 0. The highest BCUT2D eigenvalue weighted by Crippen LogP contribution is 2.09. The molecular weight excluding hydrogens is 339 g/mol. The van der Waals surface area contributed by atoms with Gasteiger partial charge in [0.05, 0.1) is 0 Å². The van der Waals surface area contributed by atoms with E-state index in [1.54, 1.807) is 0 Å². The van der Waals surface area contributed by atoms with Crippen LogP contribution in [0.1, 0.15) is 103 Å². The molecule has 27 heavy (non-hydrogen) atoms. The third-order valence-corrected chi connectivity index (χ3v) is 4.42. The third-order valence-electron chi connectivity index (χ3n) is 4.42. The molecule has 0 atom stereocenters. The van der Waals surface area contributed by atoms with E-state index in [2.05, 4.69) is 24.4 Å². The molecule has 0 unspecified atom stereocenters. The molecule has 0 rings (SSSR count). The Labute approximate surface area is 169 Å². The fraction of sp³-hybridized carbons (Fsp3) is 0.905. The molecule has 0 saturated carbocycles. The first-order valence-electron chi connectivity index (χ1n) is 11.2. The molecule has 0 aliphatic heterocycles. The van der Waals surface area contributed by atoms with Crippen LogP contribution in [-0.4, -0.2) is 42.0 Å². The lowest BCUT2D eigenvalue weighted by Gasteiger charge is -2.03. The lowest BCUT2D eigenvalue weighted by molar-refractivity contribution is 0.278. The maximum Gasteiger partial charge on any atom is 0.631 e. The van der Waals surface area contributed by atoms with Gasteiger partial charge >= 0.3 is 7.32 Å². The van der Waals surface area contributed by atoms with E-state index in [0.717, 1.165) is 19.5 Å². The van der Waals surface area contributed by atoms with Gasteiger partial charge in [0, 0.05) is 0 Å². The Balaban J connectivity index is 0. The largest absolute Gasteiger partial charge is 0.631 e. The smallest absolute Gasteiger partial charge is 0.402 e. The summed E-state index contributed by atoms with van der Waals surface area (Å²) < 4.78 is 0. The predicted octanol–water partition coefficient (Wildman–Crippen LogP) is 3.91. The molecular formula is C21H47BN2O3. The van der Waals surface area contributed by atoms with Crippen LogP contribution in [0.5, 0.6) is 0 Å². The van der Waals surface area contributed by atoms with Crippen LogP contribution in [0.15, 0.2) is 12.2 Å². The van der Waals surface area contributed by atoms with E-state index < -0.39 is 7.32 Å². The van der Waals surface area contributed by atoms with E-state index in [9.17, 15) is 0 Å². The van der Waals surface area contributed by atoms with Gasteiger partial charge in [0.2, 0.25) is 0 Å². The van der Waals surface area contributed by atoms with Crippen molar-refractivity contribution >= 4 is 7.32 Å². The Morgan fingerprint density at radius 2 is 1.07 bits per heavy atom. The maximum absolute atomic E-state index is 7.17. The zero-order valence-corrected chi connectivity index (χ0v) is 17.9. The molecule has 0 amide bonds. The summed E-state index contributed by atoms with van der Waals surface area (Å²) in [4.78, 5) is 0. The van der Waals surface area contributed by atoms with Gasteiger partial charge in [0.25, 0.3) is 0 Å². The van der Waals surface area contributed by atoms with Crippen LogP contribution < -0.4 is 11.1 Å². The molecule has 0 spiro atoms. The molecule has 162 valence electrons. The van der Waals surface area contributed by atoms with Crippen molar-refractivity contribution in [1.29, 1.82) is 0 Å². The van der Waals surface area contributed by atoms with Gasteiger partial charge in [-0.15, -0.1) is 0 Å². The highest BCUT2D eigenvalue weighted by molar-refractivity contribution is 6.30. The van der Waals surface area contributed by atoms with Crippen LogP contribution in [0.3, 0.4) is 0 Å². The standard InChI is InChI=1S/C21H44N2.BH3O3/c1-2-3-4-5-6-7-8-9-10-11-12-13-14-15-16-17-20-23-21-18-19-22;2-1(3)4/h9-10,23H,2-8,11-22H2,1H3;2-4H/b10-9-;. The predicted molar refractivity (Wildman–Crippen MR) is 118 cm³/mol. The Bertz CT molecular complexity index is 277. The lowest BCUT2D eigenvalue weighted by atomic mass is 10.1. The number of nitrogens with one attached hydrogen (secondary N) is 1. The van der Waals surface area contributed by atoms with Crippen molar-refractivity contribution in [3.05, 3.63) is 12.2 Å². The first-order valence-corrected chi connectivity index (χ1v) is 11.2. The molecule has 0 fully saturated rings. The summed E-state index contributed by atoms with van der Waals surface area (Å²) in [6.07, 6.45) is 25.3. The number of allylic oxidation sites excluding steroid dienone is 2. The molecule has 6 heteroatoms. The number of rotatable bonds is 19. The molecule has 0 aliphatic carbocycles. The summed E-state index contributed by atoms with van der Waals surface area (Å²) in [6.45, 7) is 5.34. The Hall–Kier alpha value is -0.395. The zero-order chi connectivity index (χ0) is 20.4. The second-order valence-corrected chi connectivity index (χ2v) is 7.18. The first-order chi connectivity index (χ1) is 13.1. The molecule has 5 nitrogen and oxygen atoms in total. The van der Waals surface area contributed by atoms with Crippen molar-refractivity contribution in [3.63, 3.8) is 0 Å². The summed E-state index contributed by atoms with van der Waals surface area (Å²) >= 11 is 0. The van der Waals surface area contributed by atoms with E-state index in [0.29, 0.717) is 0 Å². The second-order valence-electron chi connectivity index (χ2n) is 7.18. The van der Waals surface area contributed by atoms with Gasteiger partial charge in [0.15, 0.2) is 0 Å². The van der Waals surface area contributed by atoms with Gasteiger partial charge in [-0.05, 0) is 58.2 Å². The monoisotopic (exact) mass is 386 g/mol. The second kappa shape index (κ2) is 27.8. The minimum atomic E-state index is -2.17. The summed E-state index contributed by atoms with van der Waals surface area (Å²) in [5.41, 5.74) is 5.46. The zero-order valence-electron chi connectivity index (χ0n) is 17.9. The molecule has 0 radical (unpaired) electrons. The van der Waals surface area contributed by atoms with Gasteiger partial charge in [-0.1, -0.05) is 76.9 Å². The SMILES string of the molecule is CCCCCCCC/C=C\CCCCCCCCNCCCN.OB(O)O. The highest BCUT2D eigenvalue weighted by Gasteiger charge is 1.93. The Kier molecular flexibility index (Phi) is 29.7. The van der Waals surface area contributed by atoms with E-state index in [4.69, 9.17) is 20.8 Å². The van der Waals surface area contributed by atoms with Crippen molar-refractivity contribution in [1.82, 2.24) is 5.32 Å². The average molecular weight is 386 g/mol. The van der Waals surface area contributed by atoms with Crippen LogP contribution in [0.2, 0.25) is 0 Å². The molecule has 0 aliphatic rings. The maximum atomic E-state index is 7.17. The van der Waals surface area contributed by atoms with E-state index in [1.165, 1.54) is 96.4 Å². The van der Waals surface area contributed by atoms with Crippen molar-refractivity contribution in [2.45, 2.75) is 103 Å². The third kappa shape index (κ3) is 37.1. The van der Waals surface area contributed by atoms with Crippen LogP contribution >= 0.6 is 0 Å². The van der Waals surface area contributed by atoms with E-state index >= 15 is 0 Å². The molecule has 0 aromatic rings. The normalized spacial score (nSPS) is 10.9. The number of unbranched alkanes of at least 4 members (excludes halogenated alkanes) is 12. The molecule has 0 saturated heterocycles. The van der Waals surface area contributed by atoms with Crippen LogP contribution in [-0.2, 0) is 0 Å². The van der Waals surface area contributed by atoms with Crippen molar-refractivity contribution in [3.8, 4) is 0 Å². The lowest BCUT2D eigenvalue weighted by Crippen LogP contribution is -2.19. The molecule has 0 heterocycles. The van der Waals surface area contributed by atoms with Gasteiger partial charge < -0.3 is 26.1 Å². The van der Waals surface area contributed by atoms with Crippen molar-refractivity contribution in [2.24, 2.45) is 5.73 Å². The van der Waals surface area contributed by atoms with Crippen molar-refractivity contribution in [2.75, 3.05) is 19.6 Å². The number of hydrogen-bond acceptors (Lipinski definition) is 5. The summed E-state index contributed by atoms with van der Waals surface area (Å²) in [7, 11) is -2.17. The topological polar surface area (TPSA) is 98.7 Å². The van der Waals surface area contributed by atoms with Crippen molar-refractivity contribution < 1.29 is 15.1 Å². The quantitative estimate of drug-likeness (QED) is 0.132. The van der Waals surface area contributed by atoms with E-state index in [1.807, 2.05) is 0 Å². The van der Waals surface area contributed by atoms with Crippen LogP contribution in [0.25, 0.3) is 0 Å². The fourth-order valence-corrected chi connectivity index (χ4v) is 2.85. The van der Waals surface area contributed by atoms with Gasteiger partial charge in [0.1, 0.15) is 0 Å². The minimum Gasteiger partial charge on any atom is -0.402 e. The first kappa shape index (κ1) is 28.8. The fourth-order valence-electron chi connectivity index (χ4n) is 2.85. The number of hydrogen-bond donors (Lipinski definition) is 5. The summed E-state index contributed by atoms with van der Waals surface area (Å²) in [5, 5.41) is 24.9. The highest BCUT2D eigenvalue weighted by atomic mass is 16.5. The molecule has 6 N–H and O–H groups in total. The van der Waals surface area contributed by atoms with Gasteiger partial charge in [-0.2, -0.15) is 0 Å². The molecule has 0 aromatic carbocycles. The van der Waals surface area contributed by atoms with Crippen LogP contribution in [0.4, 0.5) is 0 Å². The minimum absolute atomic E-state index is 0.806. The molecule has 0 bridgehead atoms. The van der Waals surface area contributed by atoms with Gasteiger partial charge in [-0.25, -0.2) is 0 Å². The van der Waals surface area contributed by atoms with Crippen LogP contribution in [0, 0.1) is 0 Å². The average Bonchev–Trinajstić information content (AvgIpc) is 2.63.